The Morgan fingerprint density at radius 2 is 2.10 bits per heavy atom. The maximum Gasteiger partial charge on any atom is 0.410 e. The lowest BCUT2D eigenvalue weighted by atomic mass is 10.1. The maximum atomic E-state index is 11.8. The van der Waals surface area contributed by atoms with Gasteiger partial charge in [0.2, 0.25) is 0 Å². The van der Waals surface area contributed by atoms with E-state index in [0.29, 0.717) is 13.1 Å². The van der Waals surface area contributed by atoms with Crippen LogP contribution in [0.25, 0.3) is 0 Å². The maximum absolute atomic E-state index is 11.8. The lowest BCUT2D eigenvalue weighted by molar-refractivity contribution is 0.00701. The number of hydrogen-bond donors (Lipinski definition) is 2. The fraction of sp³-hybridized carbons (Fsp3) is 0.857. The molecule has 2 N–H and O–H groups in total. The molecule has 0 radical (unpaired) electrons. The van der Waals surface area contributed by atoms with Crippen molar-refractivity contribution < 1.29 is 9.53 Å². The van der Waals surface area contributed by atoms with Crippen molar-refractivity contribution in [2.24, 2.45) is 4.99 Å². The summed E-state index contributed by atoms with van der Waals surface area (Å²) in [6.07, 6.45) is 2.96. The van der Waals surface area contributed by atoms with Crippen molar-refractivity contribution in [3.8, 4) is 0 Å². The van der Waals surface area contributed by atoms with Crippen molar-refractivity contribution in [1.82, 2.24) is 15.5 Å². The van der Waals surface area contributed by atoms with E-state index in [2.05, 4.69) is 21.9 Å². The minimum atomic E-state index is -0.440. The smallest absolute Gasteiger partial charge is 0.410 e. The van der Waals surface area contributed by atoms with Crippen molar-refractivity contribution in [1.29, 1.82) is 0 Å². The molecule has 7 heteroatoms. The Bertz CT molecular complexity index is 362. The number of nitrogens with one attached hydrogen (secondary N) is 2. The molecule has 0 aliphatic carbocycles. The highest BCUT2D eigenvalue weighted by Crippen LogP contribution is 2.15. The van der Waals surface area contributed by atoms with Gasteiger partial charge in [-0.05, 0) is 39.2 Å². The van der Waals surface area contributed by atoms with Gasteiger partial charge in [-0.15, -0.1) is 0 Å². The number of ether oxygens (including phenoxy) is 1. The van der Waals surface area contributed by atoms with E-state index in [1.54, 1.807) is 11.9 Å². The van der Waals surface area contributed by atoms with E-state index >= 15 is 0 Å². The number of likely N-dealkylation sites (tertiary alicyclic amines) is 1. The predicted octanol–water partition coefficient (Wildman–Crippen LogP) is 1.52. The molecule has 1 saturated heterocycles. The second kappa shape index (κ2) is 8.36. The highest BCUT2D eigenvalue weighted by Gasteiger charge is 2.34. The molecule has 1 fully saturated rings. The van der Waals surface area contributed by atoms with Gasteiger partial charge in [0, 0.05) is 26.7 Å². The van der Waals surface area contributed by atoms with Crippen molar-refractivity contribution in [3.63, 3.8) is 0 Å². The molecular weight excluding hydrogens is 288 g/mol. The van der Waals surface area contributed by atoms with Crippen LogP contribution in [0, 0.1) is 0 Å². The van der Waals surface area contributed by atoms with Gasteiger partial charge in [-0.25, -0.2) is 4.79 Å². The molecule has 1 amide bonds. The average Bonchev–Trinajstić information content (AvgIpc) is 2.33. The van der Waals surface area contributed by atoms with Crippen LogP contribution < -0.4 is 10.6 Å². The van der Waals surface area contributed by atoms with Gasteiger partial charge in [0.1, 0.15) is 5.60 Å². The van der Waals surface area contributed by atoms with E-state index < -0.39 is 5.60 Å². The summed E-state index contributed by atoms with van der Waals surface area (Å²) in [5, 5.41) is 6.59. The Balaban J connectivity index is 2.22. The van der Waals surface area contributed by atoms with E-state index in [4.69, 9.17) is 4.74 Å². The first kappa shape index (κ1) is 17.9. The topological polar surface area (TPSA) is 66.0 Å². The van der Waals surface area contributed by atoms with Crippen LogP contribution in [0.3, 0.4) is 0 Å². The first-order valence-corrected chi connectivity index (χ1v) is 8.69. The summed E-state index contributed by atoms with van der Waals surface area (Å²) in [6.45, 7) is 7.84. The zero-order valence-electron chi connectivity index (χ0n) is 13.7. The van der Waals surface area contributed by atoms with Gasteiger partial charge in [0.25, 0.3) is 0 Å². The van der Waals surface area contributed by atoms with Gasteiger partial charge in [-0.2, -0.15) is 11.8 Å². The van der Waals surface area contributed by atoms with Crippen LogP contribution in [-0.4, -0.2) is 67.3 Å². The first-order chi connectivity index (χ1) is 9.85. The fourth-order valence-electron chi connectivity index (χ4n) is 1.86. The van der Waals surface area contributed by atoms with Crippen molar-refractivity contribution in [2.45, 2.75) is 38.8 Å². The highest BCUT2D eigenvalue weighted by molar-refractivity contribution is 7.98. The summed E-state index contributed by atoms with van der Waals surface area (Å²) in [5.41, 5.74) is -0.440. The molecule has 0 atom stereocenters. The molecule has 0 aromatic heterocycles. The van der Waals surface area contributed by atoms with Crippen LogP contribution in [0.5, 0.6) is 0 Å². The van der Waals surface area contributed by atoms with Crippen LogP contribution in [0.2, 0.25) is 0 Å². The largest absolute Gasteiger partial charge is 0.444 e. The standard InChI is InChI=1S/C14H28N4O2S/c1-14(2,3)20-13(19)18-9-11(10-18)17-12(15-4)16-7-6-8-21-5/h11H,6-10H2,1-5H3,(H2,15,16,17). The SMILES string of the molecule is CN=C(NCCCSC)NC1CN(C(=O)OC(C)(C)C)C1. The average molecular weight is 316 g/mol. The van der Waals surface area contributed by atoms with E-state index in [0.717, 1.165) is 24.7 Å². The molecule has 0 aromatic rings. The summed E-state index contributed by atoms with van der Waals surface area (Å²) in [5.74, 6) is 1.93. The van der Waals surface area contributed by atoms with Crippen LogP contribution in [0.15, 0.2) is 4.99 Å². The number of rotatable bonds is 5. The van der Waals surface area contributed by atoms with Crippen molar-refractivity contribution in [3.05, 3.63) is 0 Å². The molecule has 1 aliphatic heterocycles. The Labute approximate surface area is 132 Å². The Morgan fingerprint density at radius 3 is 2.62 bits per heavy atom. The van der Waals surface area contributed by atoms with Crippen molar-refractivity contribution >= 4 is 23.8 Å². The molecular formula is C14H28N4O2S. The molecule has 6 nitrogen and oxygen atoms in total. The molecule has 21 heavy (non-hydrogen) atoms. The lowest BCUT2D eigenvalue weighted by Crippen LogP contribution is -2.63. The van der Waals surface area contributed by atoms with Crippen LogP contribution in [0.4, 0.5) is 4.79 Å². The van der Waals surface area contributed by atoms with Gasteiger partial charge >= 0.3 is 6.09 Å². The summed E-state index contributed by atoms with van der Waals surface area (Å²) in [6, 6.07) is 0.240. The molecule has 0 saturated carbocycles. The number of guanidine groups is 1. The monoisotopic (exact) mass is 316 g/mol. The van der Waals surface area contributed by atoms with Gasteiger partial charge < -0.3 is 20.3 Å². The minimum Gasteiger partial charge on any atom is -0.444 e. The van der Waals surface area contributed by atoms with E-state index in [1.807, 2.05) is 32.5 Å². The minimum absolute atomic E-state index is 0.240. The highest BCUT2D eigenvalue weighted by atomic mass is 32.2. The third kappa shape index (κ3) is 6.93. The molecule has 0 unspecified atom stereocenters. The molecule has 0 spiro atoms. The molecule has 1 heterocycles. The van der Waals surface area contributed by atoms with E-state index in [1.165, 1.54) is 0 Å². The normalized spacial score (nSPS) is 16.4. The lowest BCUT2D eigenvalue weighted by Gasteiger charge is -2.40. The number of amides is 1. The van der Waals surface area contributed by atoms with Crippen LogP contribution in [-0.2, 0) is 4.74 Å². The Hall–Kier alpha value is -1.11. The predicted molar refractivity (Wildman–Crippen MR) is 89.1 cm³/mol. The second-order valence-corrected chi connectivity index (χ2v) is 7.06. The van der Waals surface area contributed by atoms with E-state index in [-0.39, 0.29) is 12.1 Å². The fourth-order valence-corrected chi connectivity index (χ4v) is 2.29. The first-order valence-electron chi connectivity index (χ1n) is 7.29. The van der Waals surface area contributed by atoms with E-state index in [9.17, 15) is 4.79 Å². The molecule has 0 bridgehead atoms. The molecule has 1 rings (SSSR count). The number of carbonyl (C=O) groups excluding carboxylic acids is 1. The number of hydrogen-bond acceptors (Lipinski definition) is 4. The van der Waals surface area contributed by atoms with Crippen molar-refractivity contribution in [2.75, 3.05) is 38.7 Å². The summed E-state index contributed by atoms with van der Waals surface area (Å²) >= 11 is 1.84. The number of aliphatic imine (C=N–C) groups is 1. The molecule has 1 aliphatic rings. The van der Waals surface area contributed by atoms with Gasteiger partial charge in [0.15, 0.2) is 5.96 Å². The zero-order chi connectivity index (χ0) is 15.9. The molecule has 0 aromatic carbocycles. The summed E-state index contributed by atoms with van der Waals surface area (Å²) in [4.78, 5) is 17.7. The zero-order valence-corrected chi connectivity index (χ0v) is 14.5. The Morgan fingerprint density at radius 1 is 1.43 bits per heavy atom. The number of nitrogens with zero attached hydrogens (tertiary/aromatic N) is 2. The van der Waals surface area contributed by atoms with Crippen LogP contribution >= 0.6 is 11.8 Å². The second-order valence-electron chi connectivity index (χ2n) is 6.07. The molecule has 122 valence electrons. The summed E-state index contributed by atoms with van der Waals surface area (Å²) in [7, 11) is 1.76. The van der Waals surface area contributed by atoms with Crippen LogP contribution in [0.1, 0.15) is 27.2 Å². The number of thioether (sulfide) groups is 1. The third-order valence-corrected chi connectivity index (χ3v) is 3.61. The van der Waals surface area contributed by atoms with Gasteiger partial charge in [-0.1, -0.05) is 0 Å². The van der Waals surface area contributed by atoms with Gasteiger partial charge in [0.05, 0.1) is 6.04 Å². The number of carbonyl (C=O) groups is 1. The summed E-state index contributed by atoms with van der Waals surface area (Å²) < 4.78 is 5.32. The third-order valence-electron chi connectivity index (χ3n) is 2.92. The quantitative estimate of drug-likeness (QED) is 0.457. The Kier molecular flexibility index (Phi) is 7.14. The van der Waals surface area contributed by atoms with Gasteiger partial charge in [-0.3, -0.25) is 4.99 Å².